The highest BCUT2D eigenvalue weighted by Crippen LogP contribution is 2.13. The van der Waals surface area contributed by atoms with Crippen LogP contribution in [0.15, 0.2) is 6.20 Å². The van der Waals surface area contributed by atoms with Gasteiger partial charge in [-0.1, -0.05) is 11.6 Å². The Morgan fingerprint density at radius 1 is 1.36 bits per heavy atom. The number of aryl methyl sites for hydroxylation is 1. The van der Waals surface area contributed by atoms with Crippen molar-refractivity contribution in [1.82, 2.24) is 24.3 Å². The zero-order chi connectivity index (χ0) is 16.3. The van der Waals surface area contributed by atoms with Gasteiger partial charge in [0.15, 0.2) is 0 Å². The molecule has 1 N–H and O–H groups in total. The first-order valence-corrected chi connectivity index (χ1v) is 9.15. The highest BCUT2D eigenvalue weighted by molar-refractivity contribution is 7.88. The Labute approximate surface area is 135 Å². The standard InChI is InChI=1S/C12H20ClN5O3S/c1-16-11(13)10(9-15-16)12(19)14-3-4-17-5-7-18(8-6-17)22(2,20)21/h9H,3-8H2,1-2H3,(H,14,19). The Kier molecular flexibility index (Phi) is 5.43. The lowest BCUT2D eigenvalue weighted by atomic mass is 10.3. The van der Waals surface area contributed by atoms with Gasteiger partial charge in [-0.15, -0.1) is 0 Å². The Morgan fingerprint density at radius 2 is 2.00 bits per heavy atom. The van der Waals surface area contributed by atoms with E-state index in [2.05, 4.69) is 15.3 Å². The molecular weight excluding hydrogens is 330 g/mol. The minimum atomic E-state index is -3.11. The molecule has 10 heteroatoms. The number of hydrogen-bond acceptors (Lipinski definition) is 5. The Balaban J connectivity index is 1.74. The molecule has 0 atom stereocenters. The van der Waals surface area contributed by atoms with E-state index in [-0.39, 0.29) is 5.91 Å². The third-order valence-electron chi connectivity index (χ3n) is 3.62. The molecule has 1 aliphatic rings. The van der Waals surface area contributed by atoms with Crippen molar-refractivity contribution in [3.63, 3.8) is 0 Å². The molecule has 1 aromatic heterocycles. The van der Waals surface area contributed by atoms with Gasteiger partial charge in [-0.05, 0) is 0 Å². The topological polar surface area (TPSA) is 87.5 Å². The normalized spacial score (nSPS) is 17.6. The van der Waals surface area contributed by atoms with Crippen LogP contribution in [0.4, 0.5) is 0 Å². The van der Waals surface area contributed by atoms with Crippen molar-refractivity contribution in [2.24, 2.45) is 7.05 Å². The monoisotopic (exact) mass is 349 g/mol. The first-order chi connectivity index (χ1) is 10.3. The summed E-state index contributed by atoms with van der Waals surface area (Å²) in [7, 11) is -1.44. The number of nitrogens with one attached hydrogen (secondary N) is 1. The zero-order valence-corrected chi connectivity index (χ0v) is 14.2. The largest absolute Gasteiger partial charge is 0.351 e. The number of piperazine rings is 1. The molecule has 0 bridgehead atoms. The number of amides is 1. The van der Waals surface area contributed by atoms with Gasteiger partial charge >= 0.3 is 0 Å². The smallest absolute Gasteiger partial charge is 0.256 e. The molecule has 1 saturated heterocycles. The van der Waals surface area contributed by atoms with Crippen LogP contribution in [0.1, 0.15) is 10.4 Å². The van der Waals surface area contributed by atoms with Crippen molar-refractivity contribution >= 4 is 27.5 Å². The Bertz CT molecular complexity index is 637. The second-order valence-corrected chi connectivity index (χ2v) is 7.57. The lowest BCUT2D eigenvalue weighted by Gasteiger charge is -2.33. The summed E-state index contributed by atoms with van der Waals surface area (Å²) in [5.41, 5.74) is 0.353. The second-order valence-electron chi connectivity index (χ2n) is 5.23. The number of halogens is 1. The highest BCUT2D eigenvalue weighted by Gasteiger charge is 2.23. The highest BCUT2D eigenvalue weighted by atomic mass is 35.5. The summed E-state index contributed by atoms with van der Waals surface area (Å²) < 4.78 is 25.7. The molecule has 124 valence electrons. The molecule has 1 aliphatic heterocycles. The summed E-state index contributed by atoms with van der Waals surface area (Å²) in [6.45, 7) is 3.44. The van der Waals surface area contributed by atoms with E-state index in [1.807, 2.05) is 0 Å². The van der Waals surface area contributed by atoms with Crippen LogP contribution in [0.2, 0.25) is 5.15 Å². The van der Waals surface area contributed by atoms with Gasteiger partial charge in [0.25, 0.3) is 5.91 Å². The van der Waals surface area contributed by atoms with Crippen molar-refractivity contribution in [2.45, 2.75) is 0 Å². The zero-order valence-electron chi connectivity index (χ0n) is 12.6. The molecule has 8 nitrogen and oxygen atoms in total. The molecule has 0 saturated carbocycles. The quantitative estimate of drug-likeness (QED) is 0.765. The Hall–Kier alpha value is -1.16. The molecule has 0 unspecified atom stereocenters. The van der Waals surface area contributed by atoms with Crippen LogP contribution in [-0.2, 0) is 17.1 Å². The first kappa shape index (κ1) is 17.2. The van der Waals surface area contributed by atoms with Crippen LogP contribution in [0.25, 0.3) is 0 Å². The molecule has 1 amide bonds. The van der Waals surface area contributed by atoms with E-state index < -0.39 is 10.0 Å². The predicted molar refractivity (Wildman–Crippen MR) is 83.4 cm³/mol. The molecule has 22 heavy (non-hydrogen) atoms. The minimum absolute atomic E-state index is 0.257. The Morgan fingerprint density at radius 3 is 2.50 bits per heavy atom. The predicted octanol–water partition coefficient (Wildman–Crippen LogP) is -0.619. The molecule has 0 aromatic carbocycles. The third kappa shape index (κ3) is 4.19. The molecule has 2 heterocycles. The van der Waals surface area contributed by atoms with Crippen LogP contribution in [0, 0.1) is 0 Å². The molecule has 2 rings (SSSR count). The number of sulfonamides is 1. The van der Waals surface area contributed by atoms with E-state index in [0.717, 1.165) is 0 Å². The lowest BCUT2D eigenvalue weighted by molar-refractivity contribution is 0.0945. The fourth-order valence-corrected chi connectivity index (χ4v) is 3.29. The number of rotatable bonds is 5. The summed E-state index contributed by atoms with van der Waals surface area (Å²) in [5, 5.41) is 7.01. The van der Waals surface area contributed by atoms with Crippen LogP contribution >= 0.6 is 11.6 Å². The van der Waals surface area contributed by atoms with Crippen molar-refractivity contribution in [3.8, 4) is 0 Å². The minimum Gasteiger partial charge on any atom is -0.351 e. The van der Waals surface area contributed by atoms with Gasteiger partial charge in [0.2, 0.25) is 10.0 Å². The van der Waals surface area contributed by atoms with E-state index in [0.29, 0.717) is 50.0 Å². The third-order valence-corrected chi connectivity index (χ3v) is 5.38. The van der Waals surface area contributed by atoms with E-state index >= 15 is 0 Å². The number of nitrogens with zero attached hydrogens (tertiary/aromatic N) is 4. The maximum Gasteiger partial charge on any atom is 0.256 e. The van der Waals surface area contributed by atoms with E-state index in [4.69, 9.17) is 11.6 Å². The average molecular weight is 350 g/mol. The van der Waals surface area contributed by atoms with Gasteiger partial charge in [0, 0.05) is 46.3 Å². The summed E-state index contributed by atoms with van der Waals surface area (Å²) in [6, 6.07) is 0. The molecular formula is C12H20ClN5O3S. The summed E-state index contributed by atoms with van der Waals surface area (Å²) in [4.78, 5) is 14.1. The second kappa shape index (κ2) is 6.95. The van der Waals surface area contributed by atoms with E-state index in [9.17, 15) is 13.2 Å². The van der Waals surface area contributed by atoms with Crippen LogP contribution in [0.3, 0.4) is 0 Å². The number of aromatic nitrogens is 2. The number of carbonyl (C=O) groups is 1. The van der Waals surface area contributed by atoms with E-state index in [1.54, 1.807) is 7.05 Å². The van der Waals surface area contributed by atoms with Crippen molar-refractivity contribution in [3.05, 3.63) is 16.9 Å². The number of hydrogen-bond donors (Lipinski definition) is 1. The van der Waals surface area contributed by atoms with Gasteiger partial charge < -0.3 is 5.32 Å². The summed E-state index contributed by atoms with van der Waals surface area (Å²) >= 11 is 5.96. The fraction of sp³-hybridized carbons (Fsp3) is 0.667. The van der Waals surface area contributed by atoms with Gasteiger partial charge in [-0.3, -0.25) is 14.4 Å². The SMILES string of the molecule is Cn1ncc(C(=O)NCCN2CCN(S(C)(=O)=O)CC2)c1Cl. The van der Waals surface area contributed by atoms with E-state index in [1.165, 1.54) is 21.4 Å². The molecule has 1 aromatic rings. The van der Waals surface area contributed by atoms with Crippen molar-refractivity contribution in [1.29, 1.82) is 0 Å². The summed E-state index contributed by atoms with van der Waals surface area (Å²) in [6.07, 6.45) is 2.66. The molecule has 1 fully saturated rings. The molecule has 0 radical (unpaired) electrons. The fourth-order valence-electron chi connectivity index (χ4n) is 2.28. The van der Waals surface area contributed by atoms with Crippen LogP contribution in [-0.4, -0.2) is 78.8 Å². The maximum atomic E-state index is 11.9. The van der Waals surface area contributed by atoms with Gasteiger partial charge in [-0.25, -0.2) is 8.42 Å². The van der Waals surface area contributed by atoms with Gasteiger partial charge in [-0.2, -0.15) is 9.40 Å². The average Bonchev–Trinajstić information content (AvgIpc) is 2.78. The van der Waals surface area contributed by atoms with Gasteiger partial charge in [0.1, 0.15) is 5.15 Å². The van der Waals surface area contributed by atoms with Crippen LogP contribution < -0.4 is 5.32 Å². The first-order valence-electron chi connectivity index (χ1n) is 6.92. The van der Waals surface area contributed by atoms with Crippen LogP contribution in [0.5, 0.6) is 0 Å². The lowest BCUT2D eigenvalue weighted by Crippen LogP contribution is -2.49. The maximum absolute atomic E-state index is 11.9. The molecule has 0 aliphatic carbocycles. The van der Waals surface area contributed by atoms with Crippen molar-refractivity contribution < 1.29 is 13.2 Å². The summed E-state index contributed by atoms with van der Waals surface area (Å²) in [5.74, 6) is -0.257. The van der Waals surface area contributed by atoms with Crippen molar-refractivity contribution in [2.75, 3.05) is 45.5 Å². The molecule has 0 spiro atoms. The number of carbonyl (C=O) groups excluding carboxylic acids is 1. The van der Waals surface area contributed by atoms with Gasteiger partial charge in [0.05, 0.1) is 18.0 Å².